The lowest BCUT2D eigenvalue weighted by atomic mass is 9.65. The minimum Gasteiger partial charge on any atom is -0.477 e. The number of carbonyl (C=O) groups is 2. The number of carboxylic acids is 1. The zero-order valence-electron chi connectivity index (χ0n) is 28.0. The number of hydrogen-bond acceptors (Lipinski definition) is 7. The number of piperidine rings is 6. The number of carboxylic acid groups (broad SMARTS) is 1. The summed E-state index contributed by atoms with van der Waals surface area (Å²) >= 11 is 14.6. The maximum atomic E-state index is 12.9. The Morgan fingerprint density at radius 2 is 1.23 bits per heavy atom. The van der Waals surface area contributed by atoms with Crippen LogP contribution in [0.15, 0.2) is 48.5 Å². The van der Waals surface area contributed by atoms with Crippen molar-refractivity contribution in [1.82, 2.24) is 9.80 Å². The summed E-state index contributed by atoms with van der Waals surface area (Å²) in [5, 5.41) is 12.1. The number of ketones is 1. The largest absolute Gasteiger partial charge is 0.477 e. The van der Waals surface area contributed by atoms with E-state index in [-0.39, 0.29) is 23.5 Å². The standard InChI is InChI=1S/C19H22ClNOS.C9H5ClO2S.C9H18N2.ClH/c1-19(2)15(12-5-7-21(19)8-6-12)11-16(22)18-9-13-3-4-14(20)10-17(13)23-18;10-6-2-1-5-3-8(9(11)12)13-7(5)4-6;1-9(2)8(10)7-3-5-11(9)6-4-7;/h3-4,9-10,12,15H,5-8,11H2,1-2H3;1-4H,(H,11,12);7-8H,3-6,10H2,1-2H3;1H/t15-;;8-;/m1.1./s1. The molecule has 6 aliphatic heterocycles. The number of Topliss-reactive ketones (excluding diaryl/α,β-unsaturated/α-hetero) is 1. The Hall–Kier alpha value is -1.75. The van der Waals surface area contributed by atoms with Crippen LogP contribution in [0, 0.1) is 17.8 Å². The average molecular weight is 751 g/mol. The van der Waals surface area contributed by atoms with E-state index in [0.717, 1.165) is 36.0 Å². The normalized spacial score (nSPS) is 27.7. The van der Waals surface area contributed by atoms with Crippen molar-refractivity contribution in [3.05, 3.63) is 68.3 Å². The first-order valence-electron chi connectivity index (χ1n) is 16.6. The summed E-state index contributed by atoms with van der Waals surface area (Å²) in [6, 6.07) is 15.3. The molecule has 2 aromatic carbocycles. The second-order valence-corrected chi connectivity index (χ2v) is 17.6. The highest BCUT2D eigenvalue weighted by molar-refractivity contribution is 7.21. The highest BCUT2D eigenvalue weighted by Gasteiger charge is 2.48. The Morgan fingerprint density at radius 3 is 1.67 bits per heavy atom. The molecular formula is C37H46Cl3N3O3S2. The fourth-order valence-electron chi connectivity index (χ4n) is 8.28. The number of halogens is 3. The lowest BCUT2D eigenvalue weighted by molar-refractivity contribution is -0.0643. The number of carbonyl (C=O) groups excluding carboxylic acids is 1. The zero-order chi connectivity index (χ0) is 33.7. The van der Waals surface area contributed by atoms with Gasteiger partial charge in [-0.15, -0.1) is 35.1 Å². The highest BCUT2D eigenvalue weighted by atomic mass is 35.5. The van der Waals surface area contributed by atoms with Crippen LogP contribution in [0.3, 0.4) is 0 Å². The van der Waals surface area contributed by atoms with E-state index >= 15 is 0 Å². The van der Waals surface area contributed by atoms with E-state index < -0.39 is 5.97 Å². The van der Waals surface area contributed by atoms with Crippen LogP contribution in [0.4, 0.5) is 0 Å². The van der Waals surface area contributed by atoms with E-state index in [1.54, 1.807) is 29.5 Å². The summed E-state index contributed by atoms with van der Waals surface area (Å²) in [4.78, 5) is 29.9. The predicted octanol–water partition coefficient (Wildman–Crippen LogP) is 9.74. The van der Waals surface area contributed by atoms with Crippen LogP contribution in [0.25, 0.3) is 20.2 Å². The Bertz CT molecular complexity index is 1770. The minimum atomic E-state index is -0.891. The van der Waals surface area contributed by atoms with Crippen LogP contribution in [0.5, 0.6) is 0 Å². The smallest absolute Gasteiger partial charge is 0.345 e. The van der Waals surface area contributed by atoms with Crippen LogP contribution >= 0.6 is 58.3 Å². The fraction of sp³-hybridized carbons (Fsp3) is 0.514. The van der Waals surface area contributed by atoms with Gasteiger partial charge < -0.3 is 10.8 Å². The molecule has 4 aromatic rings. The highest BCUT2D eigenvalue weighted by Crippen LogP contribution is 2.46. The Morgan fingerprint density at radius 1 is 0.771 bits per heavy atom. The van der Waals surface area contributed by atoms with Crippen LogP contribution < -0.4 is 5.73 Å². The molecule has 6 nitrogen and oxygen atoms in total. The van der Waals surface area contributed by atoms with Crippen molar-refractivity contribution in [2.24, 2.45) is 23.5 Å². The van der Waals surface area contributed by atoms with Gasteiger partial charge >= 0.3 is 5.97 Å². The van der Waals surface area contributed by atoms with Crippen molar-refractivity contribution in [1.29, 1.82) is 0 Å². The average Bonchev–Trinajstić information content (AvgIpc) is 3.67. The molecule has 6 aliphatic rings. The monoisotopic (exact) mass is 749 g/mol. The fourth-order valence-corrected chi connectivity index (χ4v) is 10.7. The molecule has 3 N–H and O–H groups in total. The third kappa shape index (κ3) is 7.62. The van der Waals surface area contributed by atoms with Gasteiger partial charge in [0.2, 0.25) is 0 Å². The van der Waals surface area contributed by atoms with E-state index in [9.17, 15) is 9.59 Å². The SMILES string of the molecule is CC1(C)[C@H](CC(=O)c2cc3ccc(Cl)cc3s2)C2CCN1CC2.CC1(C)[C@H](N)C2CCN1CC2.Cl.O=C(O)c1cc2ccc(Cl)cc2s1. The van der Waals surface area contributed by atoms with Crippen LogP contribution in [-0.4, -0.2) is 70.0 Å². The van der Waals surface area contributed by atoms with E-state index in [1.165, 1.54) is 63.2 Å². The zero-order valence-corrected chi connectivity index (χ0v) is 32.0. The number of rotatable bonds is 4. The molecule has 2 aromatic heterocycles. The van der Waals surface area contributed by atoms with Crippen LogP contribution in [0.2, 0.25) is 10.0 Å². The molecule has 6 fully saturated rings. The molecule has 2 atom stereocenters. The summed E-state index contributed by atoms with van der Waals surface area (Å²) in [7, 11) is 0. The van der Waals surface area contributed by atoms with Crippen molar-refractivity contribution in [2.75, 3.05) is 26.2 Å². The first-order valence-corrected chi connectivity index (χ1v) is 19.0. The van der Waals surface area contributed by atoms with Gasteiger partial charge in [0.25, 0.3) is 0 Å². The van der Waals surface area contributed by atoms with Gasteiger partial charge in [-0.05, 0) is 144 Å². The van der Waals surface area contributed by atoms with E-state index in [1.807, 2.05) is 30.3 Å². The van der Waals surface area contributed by atoms with E-state index in [2.05, 4.69) is 37.5 Å². The van der Waals surface area contributed by atoms with Gasteiger partial charge in [-0.25, -0.2) is 4.79 Å². The van der Waals surface area contributed by atoms with Crippen LogP contribution in [-0.2, 0) is 0 Å². The summed E-state index contributed by atoms with van der Waals surface area (Å²) in [5.41, 5.74) is 6.57. The number of fused-ring (bicyclic) bond motifs is 8. The van der Waals surface area contributed by atoms with E-state index in [0.29, 0.717) is 40.0 Å². The quantitative estimate of drug-likeness (QED) is 0.202. The number of thiophene rings is 2. The molecule has 0 radical (unpaired) electrons. The molecule has 260 valence electrons. The Kier molecular flexibility index (Phi) is 11.6. The number of nitrogens with two attached hydrogens (primary N) is 1. The third-order valence-corrected chi connectivity index (χ3v) is 14.1. The molecule has 0 aliphatic carbocycles. The number of hydrogen-bond donors (Lipinski definition) is 2. The van der Waals surface area contributed by atoms with Crippen LogP contribution in [0.1, 0.15) is 79.1 Å². The van der Waals surface area contributed by atoms with E-state index in [4.69, 9.17) is 34.0 Å². The first kappa shape index (κ1) is 37.5. The molecule has 8 heterocycles. The molecule has 0 amide bonds. The Labute approximate surface area is 308 Å². The van der Waals surface area contributed by atoms with Gasteiger partial charge in [0.1, 0.15) is 4.88 Å². The molecule has 0 unspecified atom stereocenters. The third-order valence-electron chi connectivity index (χ3n) is 11.4. The lowest BCUT2D eigenvalue weighted by Gasteiger charge is -2.56. The lowest BCUT2D eigenvalue weighted by Crippen LogP contribution is -2.67. The van der Waals surface area contributed by atoms with Gasteiger partial charge in [-0.2, -0.15) is 0 Å². The van der Waals surface area contributed by atoms with Crippen molar-refractivity contribution >= 4 is 90.2 Å². The number of aromatic carboxylic acids is 1. The van der Waals surface area contributed by atoms with Gasteiger partial charge in [0.05, 0.1) is 4.88 Å². The maximum Gasteiger partial charge on any atom is 0.345 e. The number of benzene rings is 2. The molecule has 48 heavy (non-hydrogen) atoms. The molecule has 11 heteroatoms. The van der Waals surface area contributed by atoms with Gasteiger partial charge in [0, 0.05) is 43.0 Å². The van der Waals surface area contributed by atoms with Crippen molar-refractivity contribution in [3.63, 3.8) is 0 Å². The molecular weight excluding hydrogens is 705 g/mol. The maximum absolute atomic E-state index is 12.9. The molecule has 6 saturated heterocycles. The summed E-state index contributed by atoms with van der Waals surface area (Å²) in [6.45, 7) is 14.1. The molecule has 0 saturated carbocycles. The van der Waals surface area contributed by atoms with Crippen molar-refractivity contribution in [3.8, 4) is 0 Å². The van der Waals surface area contributed by atoms with Crippen molar-refractivity contribution in [2.45, 2.75) is 76.9 Å². The second-order valence-electron chi connectivity index (χ2n) is 14.6. The van der Waals surface area contributed by atoms with Gasteiger partial charge in [-0.1, -0.05) is 35.3 Å². The summed E-state index contributed by atoms with van der Waals surface area (Å²) in [5.74, 6) is 1.40. The second kappa shape index (κ2) is 14.8. The topological polar surface area (TPSA) is 86.9 Å². The van der Waals surface area contributed by atoms with Gasteiger partial charge in [0.15, 0.2) is 5.78 Å². The first-order chi connectivity index (χ1) is 22.2. The summed E-state index contributed by atoms with van der Waals surface area (Å²) < 4.78 is 2.01. The number of nitrogens with zero attached hydrogens (tertiary/aromatic N) is 2. The minimum absolute atomic E-state index is 0. The predicted molar refractivity (Wildman–Crippen MR) is 205 cm³/mol. The molecule has 4 bridgehead atoms. The summed E-state index contributed by atoms with van der Waals surface area (Å²) in [6.07, 6.45) is 5.83. The Balaban J connectivity index is 0.000000153. The molecule has 10 rings (SSSR count). The van der Waals surface area contributed by atoms with Gasteiger partial charge in [-0.3, -0.25) is 14.6 Å². The molecule has 0 spiro atoms. The van der Waals surface area contributed by atoms with Crippen molar-refractivity contribution < 1.29 is 14.7 Å².